The Morgan fingerprint density at radius 1 is 1.48 bits per heavy atom. The molecule has 0 heterocycles. The minimum absolute atomic E-state index is 0.0489. The van der Waals surface area contributed by atoms with E-state index < -0.39 is 11.6 Å². The summed E-state index contributed by atoms with van der Waals surface area (Å²) in [5.74, 6) is -0.658. The van der Waals surface area contributed by atoms with E-state index in [-0.39, 0.29) is 18.1 Å². The largest absolute Gasteiger partial charge is 0.479 e. The number of hydrogen-bond acceptors (Lipinski definition) is 2. The fourth-order valence-electron chi connectivity index (χ4n) is 2.91. The summed E-state index contributed by atoms with van der Waals surface area (Å²) in [6, 6.07) is 0. The van der Waals surface area contributed by atoms with Crippen LogP contribution in [-0.2, 0) is 4.79 Å². The van der Waals surface area contributed by atoms with Crippen LogP contribution in [0.15, 0.2) is 59.2 Å². The highest BCUT2D eigenvalue weighted by Crippen LogP contribution is 2.34. The molecule has 0 radical (unpaired) electrons. The summed E-state index contributed by atoms with van der Waals surface area (Å²) in [6.45, 7) is 7.85. The number of alkyl halides is 1. The van der Waals surface area contributed by atoms with Gasteiger partial charge in [0, 0.05) is 10.3 Å². The van der Waals surface area contributed by atoms with Crippen molar-refractivity contribution in [3.8, 4) is 0 Å². The van der Waals surface area contributed by atoms with Gasteiger partial charge in [0.15, 0.2) is 0 Å². The molecule has 0 aromatic rings. The molecule has 0 saturated heterocycles. The van der Waals surface area contributed by atoms with Crippen molar-refractivity contribution in [1.29, 1.82) is 0 Å². The molecule has 0 aliphatic heterocycles. The van der Waals surface area contributed by atoms with Gasteiger partial charge in [-0.05, 0) is 62.0 Å². The molecule has 0 spiro atoms. The highest BCUT2D eigenvalue weighted by Gasteiger charge is 2.36. The monoisotopic (exact) mass is 412 g/mol. The number of halogens is 2. The number of carboxylic acids is 1. The Morgan fingerprint density at radius 3 is 2.85 bits per heavy atom. The first-order valence-corrected chi connectivity index (χ1v) is 10.9. The van der Waals surface area contributed by atoms with Crippen LogP contribution in [-0.4, -0.2) is 27.7 Å². The highest BCUT2D eigenvalue weighted by atomic mass is 35.5. The molecule has 0 fully saturated rings. The Labute approximate surface area is 171 Å². The summed E-state index contributed by atoms with van der Waals surface area (Å²) >= 11 is 8.18. The average molecular weight is 413 g/mol. The fraction of sp³-hybridized carbons (Fsp3) is 0.500. The summed E-state index contributed by atoms with van der Waals surface area (Å²) < 4.78 is 14.4. The maximum absolute atomic E-state index is 14.4. The van der Waals surface area contributed by atoms with Crippen molar-refractivity contribution in [2.24, 2.45) is 0 Å². The third-order valence-corrected chi connectivity index (χ3v) is 6.35. The van der Waals surface area contributed by atoms with Gasteiger partial charge in [-0.2, -0.15) is 11.8 Å². The van der Waals surface area contributed by atoms with Crippen molar-refractivity contribution >= 4 is 29.3 Å². The Kier molecular flexibility index (Phi) is 10.8. The number of allylic oxidation sites excluding steroid dienone is 8. The summed E-state index contributed by atoms with van der Waals surface area (Å²) in [4.78, 5) is 11.2. The Bertz CT molecular complexity index is 636. The second kappa shape index (κ2) is 12.2. The lowest BCUT2D eigenvalue weighted by molar-refractivity contribution is -0.152. The van der Waals surface area contributed by atoms with Gasteiger partial charge >= 0.3 is 5.97 Å². The van der Waals surface area contributed by atoms with E-state index in [2.05, 4.69) is 12.7 Å². The van der Waals surface area contributed by atoms with Gasteiger partial charge in [0.1, 0.15) is 0 Å². The summed E-state index contributed by atoms with van der Waals surface area (Å²) in [7, 11) is 0. The van der Waals surface area contributed by atoms with E-state index in [1.807, 2.05) is 37.3 Å². The maximum Gasteiger partial charge on any atom is 0.341 e. The van der Waals surface area contributed by atoms with Gasteiger partial charge in [-0.15, -0.1) is 0 Å². The third kappa shape index (κ3) is 8.10. The van der Waals surface area contributed by atoms with E-state index in [1.54, 1.807) is 18.7 Å². The van der Waals surface area contributed by atoms with Crippen molar-refractivity contribution in [3.63, 3.8) is 0 Å². The molecule has 1 N–H and O–H groups in total. The first-order chi connectivity index (χ1) is 12.8. The van der Waals surface area contributed by atoms with E-state index in [9.17, 15) is 9.18 Å². The van der Waals surface area contributed by atoms with Gasteiger partial charge in [0.2, 0.25) is 5.67 Å². The SMILES string of the molecule is C=C(/C=C\C=C/C)C1=CCCC(SCCCC(F)(CCC)C(=O)O)C(Cl)=C1. The van der Waals surface area contributed by atoms with Crippen LogP contribution in [0.5, 0.6) is 0 Å². The van der Waals surface area contributed by atoms with Crippen LogP contribution in [0.4, 0.5) is 4.39 Å². The number of aliphatic carboxylic acids is 1. The van der Waals surface area contributed by atoms with Crippen molar-refractivity contribution < 1.29 is 14.3 Å². The Morgan fingerprint density at radius 2 is 2.22 bits per heavy atom. The molecule has 0 bridgehead atoms. The zero-order valence-corrected chi connectivity index (χ0v) is 17.8. The molecule has 0 aromatic heterocycles. The normalized spacial score (nSPS) is 20.2. The quantitative estimate of drug-likeness (QED) is 0.293. The molecule has 150 valence electrons. The standard InChI is InChI=1S/C22H30ClFO2S/c1-4-6-7-10-17(3)18-11-8-12-20(19(23)16-18)27-15-9-14-22(24,13-5-2)21(25)26/h4,6-7,10-11,16,20H,3,5,8-9,12-15H2,1-2H3,(H,25,26)/b6-4-,10-7-. The molecule has 27 heavy (non-hydrogen) atoms. The van der Waals surface area contributed by atoms with E-state index in [0.29, 0.717) is 18.6 Å². The zero-order chi connectivity index (χ0) is 20.3. The lowest BCUT2D eigenvalue weighted by Gasteiger charge is -2.20. The average Bonchev–Trinajstić information content (AvgIpc) is 2.80. The zero-order valence-electron chi connectivity index (χ0n) is 16.2. The van der Waals surface area contributed by atoms with E-state index in [0.717, 1.165) is 29.0 Å². The molecule has 0 saturated carbocycles. The molecule has 0 aromatic carbocycles. The van der Waals surface area contributed by atoms with Gasteiger partial charge in [-0.25, -0.2) is 9.18 Å². The van der Waals surface area contributed by atoms with Crippen LogP contribution < -0.4 is 0 Å². The van der Waals surface area contributed by atoms with E-state index in [1.165, 1.54) is 0 Å². The molecular formula is C22H30ClFO2S. The number of carbonyl (C=O) groups is 1. The number of carboxylic acid groups (broad SMARTS) is 1. The van der Waals surface area contributed by atoms with Crippen LogP contribution in [0.3, 0.4) is 0 Å². The smallest absolute Gasteiger partial charge is 0.341 e. The predicted octanol–water partition coefficient (Wildman–Crippen LogP) is 6.99. The van der Waals surface area contributed by atoms with Gasteiger partial charge < -0.3 is 5.11 Å². The van der Waals surface area contributed by atoms with E-state index in [4.69, 9.17) is 16.7 Å². The summed E-state index contributed by atoms with van der Waals surface area (Å²) in [6.07, 6.45) is 14.9. The topological polar surface area (TPSA) is 37.3 Å². The van der Waals surface area contributed by atoms with Gasteiger partial charge in [0.25, 0.3) is 0 Å². The number of rotatable bonds is 11. The molecule has 2 atom stereocenters. The van der Waals surface area contributed by atoms with Crippen LogP contribution >= 0.6 is 23.4 Å². The van der Waals surface area contributed by atoms with Gasteiger partial charge in [-0.3, -0.25) is 0 Å². The lowest BCUT2D eigenvalue weighted by Crippen LogP contribution is -2.33. The van der Waals surface area contributed by atoms with Crippen molar-refractivity contribution in [3.05, 3.63) is 59.2 Å². The van der Waals surface area contributed by atoms with Crippen LogP contribution in [0.2, 0.25) is 0 Å². The minimum Gasteiger partial charge on any atom is -0.479 e. The predicted molar refractivity (Wildman–Crippen MR) is 116 cm³/mol. The number of hydrogen-bond donors (Lipinski definition) is 1. The van der Waals surface area contributed by atoms with Crippen LogP contribution in [0.1, 0.15) is 52.4 Å². The third-order valence-electron chi connectivity index (χ3n) is 4.43. The van der Waals surface area contributed by atoms with E-state index >= 15 is 0 Å². The maximum atomic E-state index is 14.4. The highest BCUT2D eigenvalue weighted by molar-refractivity contribution is 8.00. The fourth-order valence-corrected chi connectivity index (χ4v) is 4.45. The molecule has 1 aliphatic rings. The van der Waals surface area contributed by atoms with Crippen LogP contribution in [0.25, 0.3) is 0 Å². The molecule has 0 amide bonds. The van der Waals surface area contributed by atoms with Gasteiger partial charge in [0.05, 0.1) is 0 Å². The summed E-state index contributed by atoms with van der Waals surface area (Å²) in [5, 5.41) is 10.0. The molecular weight excluding hydrogens is 383 g/mol. The first-order valence-electron chi connectivity index (χ1n) is 9.44. The Balaban J connectivity index is 2.57. The summed E-state index contributed by atoms with van der Waals surface area (Å²) in [5.41, 5.74) is -0.162. The molecule has 2 unspecified atom stereocenters. The molecule has 2 nitrogen and oxygen atoms in total. The lowest BCUT2D eigenvalue weighted by atomic mass is 9.95. The first kappa shape index (κ1) is 23.8. The second-order valence-corrected chi connectivity index (χ2v) is 8.41. The van der Waals surface area contributed by atoms with Crippen LogP contribution in [0, 0.1) is 0 Å². The number of thioether (sulfide) groups is 1. The van der Waals surface area contributed by atoms with Gasteiger partial charge in [-0.1, -0.05) is 61.9 Å². The molecule has 1 rings (SSSR count). The minimum atomic E-state index is -2.11. The van der Waals surface area contributed by atoms with Crippen molar-refractivity contribution in [2.45, 2.75) is 63.3 Å². The molecule has 5 heteroatoms. The van der Waals surface area contributed by atoms with Crippen molar-refractivity contribution in [2.75, 3.05) is 5.75 Å². The molecule has 1 aliphatic carbocycles. The Hall–Kier alpha value is -1.26. The van der Waals surface area contributed by atoms with Crippen molar-refractivity contribution in [1.82, 2.24) is 0 Å². The second-order valence-electron chi connectivity index (χ2n) is 6.66.